The highest BCUT2D eigenvalue weighted by Crippen LogP contribution is 2.43. The van der Waals surface area contributed by atoms with Crippen molar-refractivity contribution in [2.75, 3.05) is 13.7 Å². The van der Waals surface area contributed by atoms with Gasteiger partial charge in [0.2, 0.25) is 0 Å². The molecule has 0 saturated carbocycles. The third kappa shape index (κ3) is 3.96. The minimum absolute atomic E-state index is 0. The van der Waals surface area contributed by atoms with Crippen molar-refractivity contribution in [3.05, 3.63) is 22.2 Å². The van der Waals surface area contributed by atoms with E-state index in [0.717, 1.165) is 0 Å². The summed E-state index contributed by atoms with van der Waals surface area (Å²) >= 11 is 3.01. The predicted octanol–water partition coefficient (Wildman–Crippen LogP) is 2.78. The van der Waals surface area contributed by atoms with Crippen molar-refractivity contribution in [1.29, 1.82) is 0 Å². The zero-order valence-corrected chi connectivity index (χ0v) is 13.6. The highest BCUT2D eigenvalue weighted by molar-refractivity contribution is 9.10. The van der Waals surface area contributed by atoms with Crippen LogP contribution in [0.15, 0.2) is 16.6 Å². The second kappa shape index (κ2) is 7.77. The van der Waals surface area contributed by atoms with Crippen molar-refractivity contribution < 1.29 is 28.2 Å². The topological polar surface area (TPSA) is 81.8 Å². The summed E-state index contributed by atoms with van der Waals surface area (Å²) in [4.78, 5) is 11.3. The van der Waals surface area contributed by atoms with Crippen LogP contribution in [0.5, 0.6) is 11.5 Å². The lowest BCUT2D eigenvalue weighted by Gasteiger charge is -2.24. The molecule has 0 heterocycles. The zero-order valence-electron chi connectivity index (χ0n) is 11.2. The molecular formula is C12H15BrClF2NO4. The van der Waals surface area contributed by atoms with Gasteiger partial charge in [-0.25, -0.2) is 4.79 Å². The van der Waals surface area contributed by atoms with Crippen LogP contribution in [0.25, 0.3) is 0 Å². The van der Waals surface area contributed by atoms with Gasteiger partial charge in [0.25, 0.3) is 0 Å². The molecule has 9 heteroatoms. The summed E-state index contributed by atoms with van der Waals surface area (Å²) in [6.45, 7) is 1.20. The number of hydrogen-bond donors (Lipinski definition) is 2. The van der Waals surface area contributed by atoms with E-state index in [1.807, 2.05) is 0 Å². The second-order valence-corrected chi connectivity index (χ2v) is 4.69. The summed E-state index contributed by atoms with van der Waals surface area (Å²) in [6.07, 6.45) is 0. The molecule has 0 aromatic heterocycles. The highest BCUT2D eigenvalue weighted by atomic mass is 79.9. The molecule has 1 atom stereocenters. The molecule has 0 radical (unpaired) electrons. The van der Waals surface area contributed by atoms with Gasteiger partial charge in [-0.2, -0.15) is 8.78 Å². The molecule has 0 aliphatic rings. The van der Waals surface area contributed by atoms with Crippen LogP contribution in [0.4, 0.5) is 8.78 Å². The molecule has 120 valence electrons. The standard InChI is InChI=1S/C12H14BrF2NO4.ClH/c1-3-20-11(18)12(14,15)10(16)8-6(13)4-5-7(19-2)9(8)17;/h4-5,10,17H,3,16H2,1-2H3;1H/t10-;/m1./s1. The van der Waals surface area contributed by atoms with Gasteiger partial charge in [-0.05, 0) is 19.1 Å². The third-order valence-corrected chi connectivity index (χ3v) is 3.29. The molecule has 3 N–H and O–H groups in total. The van der Waals surface area contributed by atoms with Crippen molar-refractivity contribution >= 4 is 34.3 Å². The molecule has 1 rings (SSSR count). The number of methoxy groups -OCH3 is 1. The van der Waals surface area contributed by atoms with Crippen LogP contribution < -0.4 is 10.5 Å². The summed E-state index contributed by atoms with van der Waals surface area (Å²) in [5, 5.41) is 9.89. The monoisotopic (exact) mass is 389 g/mol. The van der Waals surface area contributed by atoms with Gasteiger partial charge in [-0.3, -0.25) is 0 Å². The van der Waals surface area contributed by atoms with Crippen LogP contribution in [0.2, 0.25) is 0 Å². The van der Waals surface area contributed by atoms with Crippen molar-refractivity contribution in [3.63, 3.8) is 0 Å². The number of rotatable bonds is 5. The molecule has 1 aromatic carbocycles. The maximum atomic E-state index is 13.9. The Bertz CT molecular complexity index is 516. The maximum Gasteiger partial charge on any atom is 0.379 e. The van der Waals surface area contributed by atoms with Gasteiger partial charge in [0.15, 0.2) is 11.5 Å². The number of benzene rings is 1. The number of hydrogen-bond acceptors (Lipinski definition) is 5. The van der Waals surface area contributed by atoms with Crippen molar-refractivity contribution in [3.8, 4) is 11.5 Å². The van der Waals surface area contributed by atoms with Crippen LogP contribution in [0, 0.1) is 0 Å². The number of phenols is 1. The molecule has 21 heavy (non-hydrogen) atoms. The molecule has 0 unspecified atom stereocenters. The Morgan fingerprint density at radius 3 is 2.57 bits per heavy atom. The Morgan fingerprint density at radius 2 is 2.10 bits per heavy atom. The first-order chi connectivity index (χ1) is 9.27. The van der Waals surface area contributed by atoms with Gasteiger partial charge in [0, 0.05) is 10.0 Å². The van der Waals surface area contributed by atoms with Gasteiger partial charge >= 0.3 is 11.9 Å². The van der Waals surface area contributed by atoms with E-state index in [2.05, 4.69) is 20.7 Å². The average Bonchev–Trinajstić information content (AvgIpc) is 2.39. The summed E-state index contributed by atoms with van der Waals surface area (Å²) in [5.74, 6) is -6.32. The molecule has 0 fully saturated rings. The zero-order chi connectivity index (χ0) is 15.5. The first kappa shape index (κ1) is 19.9. The van der Waals surface area contributed by atoms with Crippen molar-refractivity contribution in [1.82, 2.24) is 0 Å². The van der Waals surface area contributed by atoms with Crippen molar-refractivity contribution in [2.24, 2.45) is 5.73 Å². The third-order valence-electron chi connectivity index (χ3n) is 2.60. The Labute approximate surface area is 134 Å². The van der Waals surface area contributed by atoms with E-state index in [1.54, 1.807) is 0 Å². The summed E-state index contributed by atoms with van der Waals surface area (Å²) < 4.78 is 37.1. The number of halogens is 4. The number of phenolic OH excluding ortho intramolecular Hbond substituents is 1. The lowest BCUT2D eigenvalue weighted by Crippen LogP contribution is -2.42. The molecule has 0 spiro atoms. The fraction of sp³-hybridized carbons (Fsp3) is 0.417. The van der Waals surface area contributed by atoms with Gasteiger partial charge in [0.05, 0.1) is 13.7 Å². The van der Waals surface area contributed by atoms with Crippen LogP contribution >= 0.6 is 28.3 Å². The van der Waals surface area contributed by atoms with E-state index in [9.17, 15) is 18.7 Å². The Hall–Kier alpha value is -1.12. The van der Waals surface area contributed by atoms with E-state index < -0.39 is 23.7 Å². The smallest absolute Gasteiger partial charge is 0.379 e. The molecule has 0 bridgehead atoms. The first-order valence-electron chi connectivity index (χ1n) is 5.63. The van der Waals surface area contributed by atoms with Crippen LogP contribution in [0.3, 0.4) is 0 Å². The van der Waals surface area contributed by atoms with E-state index in [0.29, 0.717) is 0 Å². The van der Waals surface area contributed by atoms with Gasteiger partial charge in [-0.15, -0.1) is 12.4 Å². The number of ether oxygens (including phenoxy) is 2. The molecule has 5 nitrogen and oxygen atoms in total. The van der Waals surface area contributed by atoms with Crippen LogP contribution in [-0.2, 0) is 9.53 Å². The lowest BCUT2D eigenvalue weighted by molar-refractivity contribution is -0.174. The second-order valence-electron chi connectivity index (χ2n) is 3.83. The largest absolute Gasteiger partial charge is 0.504 e. The van der Waals surface area contributed by atoms with Gasteiger partial charge in [-0.1, -0.05) is 15.9 Å². The quantitative estimate of drug-likeness (QED) is 0.756. The number of esters is 1. The van der Waals surface area contributed by atoms with E-state index in [1.165, 1.54) is 26.2 Å². The maximum absolute atomic E-state index is 13.9. The highest BCUT2D eigenvalue weighted by Gasteiger charge is 2.49. The number of aromatic hydroxyl groups is 1. The minimum atomic E-state index is -3.98. The average molecular weight is 391 g/mol. The summed E-state index contributed by atoms with van der Waals surface area (Å²) in [7, 11) is 1.27. The van der Waals surface area contributed by atoms with Crippen LogP contribution in [0.1, 0.15) is 18.5 Å². The van der Waals surface area contributed by atoms with E-state index in [4.69, 9.17) is 10.5 Å². The summed E-state index contributed by atoms with van der Waals surface area (Å²) in [5.41, 5.74) is 5.10. The Balaban J connectivity index is 0.00000400. The van der Waals surface area contributed by atoms with Gasteiger partial charge < -0.3 is 20.3 Å². The minimum Gasteiger partial charge on any atom is -0.504 e. The van der Waals surface area contributed by atoms with Crippen LogP contribution in [-0.4, -0.2) is 30.7 Å². The fourth-order valence-corrected chi connectivity index (χ4v) is 2.13. The van der Waals surface area contributed by atoms with Crippen molar-refractivity contribution in [2.45, 2.75) is 18.9 Å². The number of carbonyl (C=O) groups is 1. The lowest BCUT2D eigenvalue weighted by atomic mass is 10.00. The van der Waals surface area contributed by atoms with E-state index in [-0.39, 0.29) is 34.8 Å². The van der Waals surface area contributed by atoms with Gasteiger partial charge in [0.1, 0.15) is 6.04 Å². The molecule has 0 aliphatic heterocycles. The molecular weight excluding hydrogens is 375 g/mol. The number of carbonyl (C=O) groups excluding carboxylic acids is 1. The van der Waals surface area contributed by atoms with E-state index >= 15 is 0 Å². The number of nitrogens with two attached hydrogens (primary N) is 1. The molecule has 0 aliphatic carbocycles. The first-order valence-corrected chi connectivity index (χ1v) is 6.42. The Morgan fingerprint density at radius 1 is 1.52 bits per heavy atom. The SMILES string of the molecule is CCOC(=O)C(F)(F)[C@H](N)c1c(Br)ccc(OC)c1O.Cl. The predicted molar refractivity (Wildman–Crippen MR) is 78.1 cm³/mol. The molecule has 0 amide bonds. The molecule has 1 aromatic rings. The fourth-order valence-electron chi connectivity index (χ4n) is 1.56. The normalized spacial score (nSPS) is 12.3. The Kier molecular flexibility index (Phi) is 7.35. The summed E-state index contributed by atoms with van der Waals surface area (Å²) in [6, 6.07) is 0.679. The molecule has 0 saturated heterocycles. The number of alkyl halides is 2.